The molecule has 0 spiro atoms. The van der Waals surface area contributed by atoms with E-state index in [2.05, 4.69) is 9.72 Å². The van der Waals surface area contributed by atoms with E-state index in [0.717, 1.165) is 13.2 Å². The minimum Gasteiger partial charge on any atom is -0.465 e. The van der Waals surface area contributed by atoms with Crippen molar-refractivity contribution in [1.82, 2.24) is 4.98 Å². The number of rotatable bonds is 2. The van der Waals surface area contributed by atoms with Crippen molar-refractivity contribution < 1.29 is 18.3 Å². The number of methoxy groups -OCH3 is 1. The Morgan fingerprint density at radius 1 is 1.69 bits per heavy atom. The second-order valence-corrected chi connectivity index (χ2v) is 3.06. The van der Waals surface area contributed by atoms with Crippen LogP contribution in [0.1, 0.15) is 28.2 Å². The van der Waals surface area contributed by atoms with E-state index in [9.17, 15) is 13.6 Å². The number of carbonyl (C=O) groups excluding carboxylic acids is 1. The normalized spacial score (nSPS) is 10.0. The lowest BCUT2D eigenvalue weighted by molar-refractivity contribution is 0.0599. The maximum absolute atomic E-state index is 12.3. The van der Waals surface area contributed by atoms with Crippen molar-refractivity contribution in [1.29, 1.82) is 5.26 Å². The molecule has 7 heteroatoms. The monoisotopic (exact) mass is 246 g/mol. The van der Waals surface area contributed by atoms with E-state index in [0.29, 0.717) is 0 Å². The molecule has 0 unspecified atom stereocenters. The van der Waals surface area contributed by atoms with Gasteiger partial charge in [-0.05, 0) is 6.07 Å². The molecule has 0 fully saturated rings. The maximum atomic E-state index is 12.3. The molecule has 0 atom stereocenters. The first-order chi connectivity index (χ1) is 7.51. The van der Waals surface area contributed by atoms with E-state index in [1.807, 2.05) is 0 Å². The number of aromatic nitrogens is 1. The Balaban J connectivity index is 3.42. The minimum absolute atomic E-state index is 0.284. The number of carbonyl (C=O) groups is 1. The quantitative estimate of drug-likeness (QED) is 0.752. The summed E-state index contributed by atoms with van der Waals surface area (Å²) >= 11 is 5.61. The lowest BCUT2D eigenvalue weighted by Crippen LogP contribution is -2.08. The Bertz CT molecular complexity index is 471. The standard InChI is InChI=1S/C9H5ClF2N2O2/c1-16-9(15)7-4(10)2-5(8(11)12)14-6(7)3-13/h2,8H,1H3. The summed E-state index contributed by atoms with van der Waals surface area (Å²) in [5.74, 6) is -0.894. The fourth-order valence-corrected chi connectivity index (χ4v) is 1.30. The highest BCUT2D eigenvalue weighted by atomic mass is 35.5. The van der Waals surface area contributed by atoms with Crippen LogP contribution in [0.5, 0.6) is 0 Å². The van der Waals surface area contributed by atoms with E-state index in [1.54, 1.807) is 0 Å². The van der Waals surface area contributed by atoms with Gasteiger partial charge in [-0.15, -0.1) is 0 Å². The SMILES string of the molecule is COC(=O)c1c(Cl)cc(C(F)F)nc1C#N. The molecule has 0 saturated carbocycles. The average molecular weight is 247 g/mol. The molecule has 16 heavy (non-hydrogen) atoms. The number of ether oxygens (including phenoxy) is 1. The fraction of sp³-hybridized carbons (Fsp3) is 0.222. The van der Waals surface area contributed by atoms with Crippen molar-refractivity contribution in [2.45, 2.75) is 6.43 Å². The molecule has 0 aromatic carbocycles. The van der Waals surface area contributed by atoms with Crippen molar-refractivity contribution in [2.75, 3.05) is 7.11 Å². The van der Waals surface area contributed by atoms with Gasteiger partial charge in [-0.3, -0.25) is 0 Å². The molecular weight excluding hydrogens is 242 g/mol. The second-order valence-electron chi connectivity index (χ2n) is 2.66. The van der Waals surface area contributed by atoms with Gasteiger partial charge < -0.3 is 4.74 Å². The van der Waals surface area contributed by atoms with Crippen LogP contribution in [0.15, 0.2) is 6.07 Å². The molecule has 0 N–H and O–H groups in total. The van der Waals surface area contributed by atoms with Crippen LogP contribution in [0.2, 0.25) is 5.02 Å². The van der Waals surface area contributed by atoms with E-state index in [-0.39, 0.29) is 10.6 Å². The van der Waals surface area contributed by atoms with Gasteiger partial charge in [-0.1, -0.05) is 11.6 Å². The Kier molecular flexibility index (Phi) is 3.74. The summed E-state index contributed by atoms with van der Waals surface area (Å²) < 4.78 is 29.0. The minimum atomic E-state index is -2.86. The summed E-state index contributed by atoms with van der Waals surface area (Å²) in [5.41, 5.74) is -1.44. The van der Waals surface area contributed by atoms with Crippen molar-refractivity contribution in [3.63, 3.8) is 0 Å². The molecule has 1 rings (SSSR count). The first-order valence-corrected chi connectivity index (χ1v) is 4.36. The third kappa shape index (κ3) is 2.25. The van der Waals surface area contributed by atoms with Crippen LogP contribution in [-0.2, 0) is 4.74 Å². The first-order valence-electron chi connectivity index (χ1n) is 3.98. The molecule has 1 heterocycles. The predicted octanol–water partition coefficient (Wildman–Crippen LogP) is 2.33. The average Bonchev–Trinajstić information content (AvgIpc) is 2.26. The first kappa shape index (κ1) is 12.3. The lowest BCUT2D eigenvalue weighted by Gasteiger charge is -2.06. The molecule has 84 valence electrons. The number of nitrogens with zero attached hydrogens (tertiary/aromatic N) is 2. The van der Waals surface area contributed by atoms with Gasteiger partial charge >= 0.3 is 5.97 Å². The third-order valence-corrected chi connectivity index (χ3v) is 2.01. The van der Waals surface area contributed by atoms with Gasteiger partial charge in [0.25, 0.3) is 6.43 Å². The van der Waals surface area contributed by atoms with Gasteiger partial charge in [0.05, 0.1) is 12.1 Å². The van der Waals surface area contributed by atoms with Crippen molar-refractivity contribution >= 4 is 17.6 Å². The van der Waals surface area contributed by atoms with E-state index >= 15 is 0 Å². The summed E-state index contributed by atoms with van der Waals surface area (Å²) in [5, 5.41) is 8.39. The smallest absolute Gasteiger partial charge is 0.342 e. The molecule has 0 saturated heterocycles. The zero-order valence-electron chi connectivity index (χ0n) is 8.00. The van der Waals surface area contributed by atoms with Crippen molar-refractivity contribution in [3.8, 4) is 6.07 Å². The zero-order chi connectivity index (χ0) is 12.3. The molecular formula is C9H5ClF2N2O2. The van der Waals surface area contributed by atoms with Gasteiger partial charge in [0.1, 0.15) is 17.3 Å². The summed E-state index contributed by atoms with van der Waals surface area (Å²) in [7, 11) is 1.08. The second kappa shape index (κ2) is 4.86. The molecule has 1 aromatic heterocycles. The van der Waals surface area contributed by atoms with Crippen molar-refractivity contribution in [2.24, 2.45) is 0 Å². The highest BCUT2D eigenvalue weighted by Crippen LogP contribution is 2.25. The molecule has 0 radical (unpaired) electrons. The van der Waals surface area contributed by atoms with Crippen LogP contribution in [0.4, 0.5) is 8.78 Å². The summed E-state index contributed by atoms with van der Waals surface area (Å²) in [6.45, 7) is 0. The van der Waals surface area contributed by atoms with Gasteiger partial charge in [0, 0.05) is 0 Å². The molecule has 0 aliphatic carbocycles. The summed E-state index contributed by atoms with van der Waals surface area (Å²) in [4.78, 5) is 14.5. The maximum Gasteiger partial charge on any atom is 0.342 e. The van der Waals surface area contributed by atoms with Crippen LogP contribution in [0.25, 0.3) is 0 Å². The van der Waals surface area contributed by atoms with E-state index in [4.69, 9.17) is 16.9 Å². The van der Waals surface area contributed by atoms with Crippen LogP contribution < -0.4 is 0 Å². The fourth-order valence-electron chi connectivity index (χ4n) is 1.02. The number of pyridine rings is 1. The number of nitriles is 1. The molecule has 4 nitrogen and oxygen atoms in total. The highest BCUT2D eigenvalue weighted by molar-refractivity contribution is 6.33. The largest absolute Gasteiger partial charge is 0.465 e. The van der Waals surface area contributed by atoms with Crippen LogP contribution in [0, 0.1) is 11.3 Å². The van der Waals surface area contributed by atoms with Crippen molar-refractivity contribution in [3.05, 3.63) is 28.0 Å². The van der Waals surface area contributed by atoms with Crippen LogP contribution >= 0.6 is 11.6 Å². The number of hydrogen-bond acceptors (Lipinski definition) is 4. The highest BCUT2D eigenvalue weighted by Gasteiger charge is 2.21. The van der Waals surface area contributed by atoms with Crippen LogP contribution in [-0.4, -0.2) is 18.1 Å². The van der Waals surface area contributed by atoms with Gasteiger partial charge in [-0.2, -0.15) is 5.26 Å². The number of halogens is 3. The Labute approximate surface area is 94.4 Å². The number of esters is 1. The molecule has 1 aromatic rings. The lowest BCUT2D eigenvalue weighted by atomic mass is 10.2. The molecule has 0 aliphatic rings. The van der Waals surface area contributed by atoms with E-state index < -0.39 is 23.8 Å². The topological polar surface area (TPSA) is 63.0 Å². The number of alkyl halides is 2. The summed E-state index contributed by atoms with van der Waals surface area (Å²) in [6.07, 6.45) is -2.86. The molecule has 0 bridgehead atoms. The molecule has 0 amide bonds. The summed E-state index contributed by atoms with van der Waals surface area (Å²) in [6, 6.07) is 2.35. The van der Waals surface area contributed by atoms with E-state index in [1.165, 1.54) is 6.07 Å². The van der Waals surface area contributed by atoms with Gasteiger partial charge in [-0.25, -0.2) is 18.6 Å². The van der Waals surface area contributed by atoms with Gasteiger partial charge in [0.2, 0.25) is 0 Å². The number of hydrogen-bond donors (Lipinski definition) is 0. The predicted molar refractivity (Wildman–Crippen MR) is 50.3 cm³/mol. The third-order valence-electron chi connectivity index (χ3n) is 1.71. The Morgan fingerprint density at radius 2 is 2.31 bits per heavy atom. The molecule has 0 aliphatic heterocycles. The van der Waals surface area contributed by atoms with Gasteiger partial charge in [0.15, 0.2) is 5.69 Å². The Morgan fingerprint density at radius 3 is 2.75 bits per heavy atom. The zero-order valence-corrected chi connectivity index (χ0v) is 8.76. The Hall–Kier alpha value is -1.74. The van der Waals surface area contributed by atoms with Crippen LogP contribution in [0.3, 0.4) is 0 Å².